The molecule has 2 N–H and O–H groups in total. The highest BCUT2D eigenvalue weighted by atomic mass is 35.5. The first-order chi connectivity index (χ1) is 12.9. The number of benzene rings is 1. The molecule has 8 nitrogen and oxygen atoms in total. The Kier molecular flexibility index (Phi) is 7.37. The van der Waals surface area contributed by atoms with Crippen molar-refractivity contribution in [1.29, 1.82) is 0 Å². The van der Waals surface area contributed by atoms with Gasteiger partial charge in [-0.05, 0) is 58.2 Å². The van der Waals surface area contributed by atoms with Crippen molar-refractivity contribution >= 4 is 29.9 Å². The monoisotopic (exact) mass is 410 g/mol. The second kappa shape index (κ2) is 9.34. The smallest absolute Gasteiger partial charge is 0.272 e. The quantitative estimate of drug-likeness (QED) is 0.584. The van der Waals surface area contributed by atoms with E-state index in [0.29, 0.717) is 30.1 Å². The summed E-state index contributed by atoms with van der Waals surface area (Å²) in [5, 5.41) is 17.4. The zero-order chi connectivity index (χ0) is 19.6. The number of likely N-dealkylation sites (tertiary alicyclic amines) is 1. The Hall–Kier alpha value is -2.19. The van der Waals surface area contributed by atoms with E-state index in [9.17, 15) is 19.7 Å². The van der Waals surface area contributed by atoms with E-state index >= 15 is 0 Å². The van der Waals surface area contributed by atoms with Crippen molar-refractivity contribution < 1.29 is 14.5 Å². The lowest BCUT2D eigenvalue weighted by Crippen LogP contribution is -2.52. The zero-order valence-electron chi connectivity index (χ0n) is 16.1. The lowest BCUT2D eigenvalue weighted by atomic mass is 10.00. The van der Waals surface area contributed by atoms with Gasteiger partial charge in [-0.25, -0.2) is 0 Å². The van der Waals surface area contributed by atoms with Crippen LogP contribution in [-0.4, -0.2) is 52.9 Å². The molecular weight excluding hydrogens is 384 g/mol. The van der Waals surface area contributed by atoms with E-state index in [1.165, 1.54) is 18.2 Å². The van der Waals surface area contributed by atoms with E-state index < -0.39 is 11.0 Å². The van der Waals surface area contributed by atoms with Crippen molar-refractivity contribution in [2.24, 2.45) is 0 Å². The van der Waals surface area contributed by atoms with Gasteiger partial charge in [0.2, 0.25) is 5.91 Å². The van der Waals surface area contributed by atoms with Crippen LogP contribution in [0.25, 0.3) is 0 Å². The predicted molar refractivity (Wildman–Crippen MR) is 108 cm³/mol. The molecule has 154 valence electrons. The number of hydrogen-bond acceptors (Lipinski definition) is 5. The van der Waals surface area contributed by atoms with E-state index in [-0.39, 0.29) is 36.0 Å². The summed E-state index contributed by atoms with van der Waals surface area (Å²) in [5.41, 5.74) is 0.810. The van der Waals surface area contributed by atoms with Crippen LogP contribution in [0, 0.1) is 17.0 Å². The number of nitro benzene ring substituents is 1. The van der Waals surface area contributed by atoms with Crippen molar-refractivity contribution in [1.82, 2.24) is 15.5 Å². The normalized spacial score (nSPS) is 24.4. The Bertz CT molecular complexity index is 757. The summed E-state index contributed by atoms with van der Waals surface area (Å²) in [6.07, 6.45) is 3.19. The molecule has 3 rings (SSSR count). The molecule has 2 aliphatic rings. The predicted octanol–water partition coefficient (Wildman–Crippen LogP) is 2.19. The lowest BCUT2D eigenvalue weighted by molar-refractivity contribution is -0.385. The Morgan fingerprint density at radius 2 is 2.07 bits per heavy atom. The molecule has 3 unspecified atom stereocenters. The molecule has 2 fully saturated rings. The van der Waals surface area contributed by atoms with Gasteiger partial charge in [0.05, 0.1) is 4.92 Å². The first-order valence-electron chi connectivity index (χ1n) is 9.46. The van der Waals surface area contributed by atoms with Crippen molar-refractivity contribution in [3.05, 3.63) is 39.4 Å². The van der Waals surface area contributed by atoms with E-state index in [0.717, 1.165) is 25.8 Å². The third-order valence-corrected chi connectivity index (χ3v) is 5.43. The van der Waals surface area contributed by atoms with Crippen molar-refractivity contribution in [3.8, 4) is 0 Å². The molecule has 0 aliphatic carbocycles. The van der Waals surface area contributed by atoms with Crippen LogP contribution in [0.2, 0.25) is 0 Å². The van der Waals surface area contributed by atoms with Crippen LogP contribution < -0.4 is 10.6 Å². The molecule has 0 spiro atoms. The largest absolute Gasteiger partial charge is 0.351 e. The maximum atomic E-state index is 12.9. The number of nitro groups is 1. The van der Waals surface area contributed by atoms with Gasteiger partial charge in [0, 0.05) is 35.8 Å². The van der Waals surface area contributed by atoms with Gasteiger partial charge in [-0.2, -0.15) is 0 Å². The number of aryl methyl sites for hydroxylation is 1. The van der Waals surface area contributed by atoms with Gasteiger partial charge < -0.3 is 15.5 Å². The average molecular weight is 411 g/mol. The second-order valence-electron chi connectivity index (χ2n) is 7.50. The van der Waals surface area contributed by atoms with Crippen molar-refractivity contribution in [3.63, 3.8) is 0 Å². The number of nitrogens with one attached hydrogen (secondary N) is 2. The number of rotatable bonds is 4. The van der Waals surface area contributed by atoms with Crippen LogP contribution in [0.15, 0.2) is 18.2 Å². The van der Waals surface area contributed by atoms with Crippen molar-refractivity contribution in [2.45, 2.75) is 57.7 Å². The molecule has 1 aromatic carbocycles. The number of amides is 2. The van der Waals surface area contributed by atoms with Crippen LogP contribution in [-0.2, 0) is 4.79 Å². The number of halogens is 1. The van der Waals surface area contributed by atoms with E-state index in [1.807, 2.05) is 0 Å². The number of hydrogen-bond donors (Lipinski definition) is 2. The van der Waals surface area contributed by atoms with Crippen LogP contribution in [0.5, 0.6) is 0 Å². The fraction of sp³-hybridized carbons (Fsp3) is 0.579. The number of carbonyl (C=O) groups excluding carboxylic acids is 2. The van der Waals surface area contributed by atoms with Gasteiger partial charge in [0.15, 0.2) is 0 Å². The number of nitrogens with zero attached hydrogens (tertiary/aromatic N) is 2. The molecule has 28 heavy (non-hydrogen) atoms. The fourth-order valence-electron chi connectivity index (χ4n) is 4.00. The molecular formula is C19H27ClN4O4. The number of carbonyl (C=O) groups is 2. The van der Waals surface area contributed by atoms with Crippen LogP contribution in [0.3, 0.4) is 0 Å². The van der Waals surface area contributed by atoms with E-state index in [2.05, 4.69) is 17.6 Å². The minimum atomic E-state index is -0.474. The van der Waals surface area contributed by atoms with Gasteiger partial charge in [-0.3, -0.25) is 19.7 Å². The first kappa shape index (κ1) is 22.1. The standard InChI is InChI=1S/C19H26N4O4.ClH/c1-12-10-14(5-6-16(12)23(26)27)19(25)22-9-3-4-17(22)18(24)21-15-7-8-20-13(2)11-15;/h5-6,10,13,15,17,20H,3-4,7-9,11H2,1-2H3,(H,21,24);1H. The fourth-order valence-corrected chi connectivity index (χ4v) is 4.00. The Balaban J connectivity index is 0.00000280. The summed E-state index contributed by atoms with van der Waals surface area (Å²) >= 11 is 0. The molecule has 3 atom stereocenters. The third-order valence-electron chi connectivity index (χ3n) is 5.43. The first-order valence-corrected chi connectivity index (χ1v) is 9.46. The van der Waals surface area contributed by atoms with Gasteiger partial charge in [0.1, 0.15) is 6.04 Å². The molecule has 2 aliphatic heterocycles. The molecule has 0 saturated carbocycles. The van der Waals surface area contributed by atoms with Gasteiger partial charge in [-0.1, -0.05) is 0 Å². The molecule has 2 saturated heterocycles. The summed E-state index contributed by atoms with van der Waals surface area (Å²) in [7, 11) is 0. The summed E-state index contributed by atoms with van der Waals surface area (Å²) in [5.74, 6) is -0.345. The molecule has 9 heteroatoms. The van der Waals surface area contributed by atoms with Crippen LogP contribution in [0.1, 0.15) is 48.5 Å². The summed E-state index contributed by atoms with van der Waals surface area (Å²) in [6.45, 7) is 5.11. The average Bonchev–Trinajstić information content (AvgIpc) is 3.10. The zero-order valence-corrected chi connectivity index (χ0v) is 17.0. The van der Waals surface area contributed by atoms with Gasteiger partial charge in [-0.15, -0.1) is 12.4 Å². The summed E-state index contributed by atoms with van der Waals surface area (Å²) < 4.78 is 0. The topological polar surface area (TPSA) is 105 Å². The SMILES string of the molecule is Cc1cc(C(=O)N2CCCC2C(=O)NC2CCNC(C)C2)ccc1[N+](=O)[O-].Cl. The summed E-state index contributed by atoms with van der Waals surface area (Å²) in [6, 6.07) is 4.38. The highest BCUT2D eigenvalue weighted by Gasteiger charge is 2.36. The van der Waals surface area contributed by atoms with Gasteiger partial charge >= 0.3 is 0 Å². The Labute approximate surface area is 170 Å². The Morgan fingerprint density at radius 1 is 1.32 bits per heavy atom. The molecule has 0 bridgehead atoms. The minimum Gasteiger partial charge on any atom is -0.351 e. The second-order valence-corrected chi connectivity index (χ2v) is 7.50. The molecule has 1 aromatic rings. The van der Waals surface area contributed by atoms with E-state index in [4.69, 9.17) is 0 Å². The maximum Gasteiger partial charge on any atom is 0.272 e. The molecule has 2 heterocycles. The molecule has 0 aromatic heterocycles. The number of piperidine rings is 1. The maximum absolute atomic E-state index is 12.9. The minimum absolute atomic E-state index is 0. The highest BCUT2D eigenvalue weighted by molar-refractivity contribution is 5.98. The van der Waals surface area contributed by atoms with E-state index in [1.54, 1.807) is 11.8 Å². The van der Waals surface area contributed by atoms with Crippen LogP contribution in [0.4, 0.5) is 5.69 Å². The molecule has 2 amide bonds. The third kappa shape index (κ3) is 4.80. The summed E-state index contributed by atoms with van der Waals surface area (Å²) in [4.78, 5) is 37.8. The Morgan fingerprint density at radius 3 is 2.71 bits per heavy atom. The molecule has 0 radical (unpaired) electrons. The van der Waals surface area contributed by atoms with Gasteiger partial charge in [0.25, 0.3) is 11.6 Å². The lowest BCUT2D eigenvalue weighted by Gasteiger charge is -2.31. The van der Waals surface area contributed by atoms with Crippen molar-refractivity contribution in [2.75, 3.05) is 13.1 Å². The van der Waals surface area contributed by atoms with Crippen LogP contribution >= 0.6 is 12.4 Å². The highest BCUT2D eigenvalue weighted by Crippen LogP contribution is 2.24.